The summed E-state index contributed by atoms with van der Waals surface area (Å²) in [5, 5.41) is 13.7. The van der Waals surface area contributed by atoms with Gasteiger partial charge in [-0.2, -0.15) is 0 Å². The quantitative estimate of drug-likeness (QED) is 0.285. The maximum absolute atomic E-state index is 12.8. The van der Waals surface area contributed by atoms with E-state index in [9.17, 15) is 24.5 Å². The fourth-order valence-corrected chi connectivity index (χ4v) is 4.04. The van der Waals surface area contributed by atoms with Gasteiger partial charge in [-0.3, -0.25) is 19.7 Å². The van der Waals surface area contributed by atoms with Crippen molar-refractivity contribution in [2.45, 2.75) is 20.8 Å². The highest BCUT2D eigenvalue weighted by Crippen LogP contribution is 2.34. The first-order valence-corrected chi connectivity index (χ1v) is 10.3. The molecule has 1 aromatic heterocycles. The standard InChI is InChI=1S/C21H23N3O6S/c1-5-23(6-2)20(26)18-13(3)17(21(27)30-4)19(31-18)22-16(25)11-10-14-8-7-9-15(12-14)24(28)29/h7-12H,5-6H2,1-4H3,(H,22,25). The third-order valence-electron chi connectivity index (χ3n) is 4.53. The minimum atomic E-state index is -0.662. The molecule has 2 amide bonds. The van der Waals surface area contributed by atoms with Crippen LogP contribution in [0.1, 0.15) is 45.0 Å². The molecule has 0 aliphatic rings. The second kappa shape index (κ2) is 10.5. The van der Waals surface area contributed by atoms with E-state index in [0.29, 0.717) is 29.1 Å². The third kappa shape index (κ3) is 5.54. The van der Waals surface area contributed by atoms with E-state index in [1.165, 1.54) is 37.5 Å². The van der Waals surface area contributed by atoms with Gasteiger partial charge in [-0.25, -0.2) is 4.79 Å². The second-order valence-electron chi connectivity index (χ2n) is 6.40. The van der Waals surface area contributed by atoms with E-state index in [-0.39, 0.29) is 22.2 Å². The maximum atomic E-state index is 12.8. The molecule has 0 aliphatic carbocycles. The molecule has 164 valence electrons. The number of methoxy groups -OCH3 is 1. The van der Waals surface area contributed by atoms with Gasteiger partial charge in [0.2, 0.25) is 5.91 Å². The number of nitrogens with one attached hydrogen (secondary N) is 1. The van der Waals surface area contributed by atoms with Crippen molar-refractivity contribution in [1.82, 2.24) is 4.90 Å². The van der Waals surface area contributed by atoms with Gasteiger partial charge in [0, 0.05) is 31.3 Å². The number of hydrogen-bond donors (Lipinski definition) is 1. The van der Waals surface area contributed by atoms with Crippen LogP contribution in [0.5, 0.6) is 0 Å². The van der Waals surface area contributed by atoms with Gasteiger partial charge in [-0.1, -0.05) is 12.1 Å². The Morgan fingerprint density at radius 1 is 1.26 bits per heavy atom. The van der Waals surface area contributed by atoms with Gasteiger partial charge in [0.25, 0.3) is 11.6 Å². The molecule has 0 atom stereocenters. The lowest BCUT2D eigenvalue weighted by atomic mass is 10.1. The zero-order valence-electron chi connectivity index (χ0n) is 17.6. The van der Waals surface area contributed by atoms with Gasteiger partial charge in [0.15, 0.2) is 0 Å². The van der Waals surface area contributed by atoms with Gasteiger partial charge in [0.05, 0.1) is 22.5 Å². The Kier molecular flexibility index (Phi) is 8.03. The number of ether oxygens (including phenoxy) is 1. The molecule has 0 saturated heterocycles. The minimum Gasteiger partial charge on any atom is -0.465 e. The lowest BCUT2D eigenvalue weighted by Crippen LogP contribution is -2.30. The number of rotatable bonds is 8. The lowest BCUT2D eigenvalue weighted by molar-refractivity contribution is -0.384. The van der Waals surface area contributed by atoms with E-state index in [2.05, 4.69) is 5.32 Å². The van der Waals surface area contributed by atoms with E-state index in [1.807, 2.05) is 13.8 Å². The molecule has 0 fully saturated rings. The van der Waals surface area contributed by atoms with Crippen LogP contribution in [0.15, 0.2) is 30.3 Å². The van der Waals surface area contributed by atoms with Crippen molar-refractivity contribution in [3.8, 4) is 0 Å². The second-order valence-corrected chi connectivity index (χ2v) is 7.42. The van der Waals surface area contributed by atoms with E-state index < -0.39 is 16.8 Å². The molecule has 0 spiro atoms. The largest absolute Gasteiger partial charge is 0.465 e. The van der Waals surface area contributed by atoms with Crippen molar-refractivity contribution in [1.29, 1.82) is 0 Å². The highest BCUT2D eigenvalue weighted by atomic mass is 32.1. The molecule has 1 aromatic carbocycles. The Bertz CT molecular complexity index is 1040. The number of nitro benzene ring substituents is 1. The number of carbonyl (C=O) groups is 3. The van der Waals surface area contributed by atoms with Crippen molar-refractivity contribution in [2.75, 3.05) is 25.5 Å². The predicted molar refractivity (Wildman–Crippen MR) is 118 cm³/mol. The highest BCUT2D eigenvalue weighted by molar-refractivity contribution is 7.18. The Labute approximate surface area is 183 Å². The Morgan fingerprint density at radius 3 is 2.52 bits per heavy atom. The lowest BCUT2D eigenvalue weighted by Gasteiger charge is -2.17. The number of nitrogens with zero attached hydrogens (tertiary/aromatic N) is 2. The van der Waals surface area contributed by atoms with Crippen molar-refractivity contribution < 1.29 is 24.0 Å². The van der Waals surface area contributed by atoms with Gasteiger partial charge in [0.1, 0.15) is 5.00 Å². The number of amides is 2. The SMILES string of the molecule is CCN(CC)C(=O)c1sc(NC(=O)C=Cc2cccc([N+](=O)[O-])c2)c(C(=O)OC)c1C. The molecule has 2 aromatic rings. The summed E-state index contributed by atoms with van der Waals surface area (Å²) in [4.78, 5) is 49.8. The maximum Gasteiger partial charge on any atom is 0.341 e. The Balaban J connectivity index is 2.32. The molecule has 0 bridgehead atoms. The van der Waals surface area contributed by atoms with Crippen molar-refractivity contribution >= 4 is 45.9 Å². The molecule has 9 nitrogen and oxygen atoms in total. The summed E-state index contributed by atoms with van der Waals surface area (Å²) < 4.78 is 4.82. The molecule has 0 saturated carbocycles. The number of carbonyl (C=O) groups excluding carboxylic acids is 3. The summed E-state index contributed by atoms with van der Waals surface area (Å²) in [6, 6.07) is 5.81. The van der Waals surface area contributed by atoms with Crippen LogP contribution in [0.4, 0.5) is 10.7 Å². The Hall–Kier alpha value is -3.53. The molecule has 2 rings (SSSR count). The summed E-state index contributed by atoms with van der Waals surface area (Å²) in [6.07, 6.45) is 2.61. The number of thiophene rings is 1. The summed E-state index contributed by atoms with van der Waals surface area (Å²) in [5.74, 6) is -1.45. The fraction of sp³-hybridized carbons (Fsp3) is 0.286. The molecule has 10 heteroatoms. The van der Waals surface area contributed by atoms with Crippen LogP contribution in [-0.2, 0) is 9.53 Å². The smallest absolute Gasteiger partial charge is 0.341 e. The normalized spacial score (nSPS) is 10.7. The zero-order chi connectivity index (χ0) is 23.1. The summed E-state index contributed by atoms with van der Waals surface area (Å²) >= 11 is 1.01. The predicted octanol–water partition coefficient (Wildman–Crippen LogP) is 3.89. The molecular formula is C21H23N3O6S. The van der Waals surface area contributed by atoms with Crippen molar-refractivity contribution in [3.63, 3.8) is 0 Å². The van der Waals surface area contributed by atoms with Crippen LogP contribution >= 0.6 is 11.3 Å². The Morgan fingerprint density at radius 2 is 1.94 bits per heavy atom. The first kappa shape index (κ1) is 23.7. The number of anilines is 1. The van der Waals surface area contributed by atoms with Gasteiger partial charge in [-0.05, 0) is 38.0 Å². The van der Waals surface area contributed by atoms with Crippen LogP contribution in [-0.4, -0.2) is 47.8 Å². The van der Waals surface area contributed by atoms with E-state index in [0.717, 1.165) is 11.3 Å². The average molecular weight is 445 g/mol. The molecule has 31 heavy (non-hydrogen) atoms. The molecule has 0 radical (unpaired) electrons. The molecule has 1 N–H and O–H groups in total. The first-order chi connectivity index (χ1) is 14.7. The number of nitro groups is 1. The molecule has 0 aliphatic heterocycles. The minimum absolute atomic E-state index is 0.0935. The number of non-ortho nitro benzene ring substituents is 1. The number of esters is 1. The number of benzene rings is 1. The van der Waals surface area contributed by atoms with Crippen LogP contribution in [0.2, 0.25) is 0 Å². The summed E-state index contributed by atoms with van der Waals surface area (Å²) in [5.41, 5.74) is 0.938. The fourth-order valence-electron chi connectivity index (χ4n) is 2.88. The average Bonchev–Trinajstić information content (AvgIpc) is 3.08. The first-order valence-electron chi connectivity index (χ1n) is 9.47. The van der Waals surface area contributed by atoms with Gasteiger partial charge in [-0.15, -0.1) is 11.3 Å². The van der Waals surface area contributed by atoms with E-state index in [4.69, 9.17) is 4.74 Å². The number of hydrogen-bond acceptors (Lipinski definition) is 7. The van der Waals surface area contributed by atoms with Crippen molar-refractivity contribution in [2.24, 2.45) is 0 Å². The van der Waals surface area contributed by atoms with Crippen molar-refractivity contribution in [3.05, 3.63) is 62.0 Å². The third-order valence-corrected chi connectivity index (χ3v) is 5.72. The van der Waals surface area contributed by atoms with Crippen LogP contribution in [0, 0.1) is 17.0 Å². The monoisotopic (exact) mass is 445 g/mol. The molecular weight excluding hydrogens is 422 g/mol. The van der Waals surface area contributed by atoms with Crippen LogP contribution in [0.3, 0.4) is 0 Å². The van der Waals surface area contributed by atoms with E-state index >= 15 is 0 Å². The van der Waals surface area contributed by atoms with Crippen LogP contribution < -0.4 is 5.32 Å². The van der Waals surface area contributed by atoms with Gasteiger partial charge >= 0.3 is 5.97 Å². The zero-order valence-corrected chi connectivity index (χ0v) is 18.4. The summed E-state index contributed by atoms with van der Waals surface area (Å²) in [6.45, 7) is 6.36. The summed E-state index contributed by atoms with van der Waals surface area (Å²) in [7, 11) is 1.22. The molecule has 1 heterocycles. The van der Waals surface area contributed by atoms with Crippen LogP contribution in [0.25, 0.3) is 6.08 Å². The highest BCUT2D eigenvalue weighted by Gasteiger charge is 2.27. The van der Waals surface area contributed by atoms with Gasteiger partial charge < -0.3 is 15.0 Å². The topological polar surface area (TPSA) is 119 Å². The molecule has 0 unspecified atom stereocenters. The van der Waals surface area contributed by atoms with E-state index in [1.54, 1.807) is 17.9 Å².